The van der Waals surface area contributed by atoms with Gasteiger partial charge in [-0.15, -0.1) is 0 Å². The molecule has 0 aliphatic carbocycles. The third kappa shape index (κ3) is 4.10. The van der Waals surface area contributed by atoms with E-state index in [0.717, 1.165) is 30.0 Å². The lowest BCUT2D eigenvalue weighted by atomic mass is 9.91. The highest BCUT2D eigenvalue weighted by Crippen LogP contribution is 2.23. The molecule has 2 N–H and O–H groups in total. The molecule has 5 heteroatoms. The number of carbonyl (C=O) groups excluding carboxylic acids is 1. The molecule has 0 radical (unpaired) electrons. The summed E-state index contributed by atoms with van der Waals surface area (Å²) in [5, 5.41) is 10.9. The van der Waals surface area contributed by atoms with E-state index in [9.17, 15) is 4.79 Å². The first kappa shape index (κ1) is 17.7. The summed E-state index contributed by atoms with van der Waals surface area (Å²) in [6.45, 7) is 9.58. The minimum Gasteiger partial charge on any atom is -0.350 e. The summed E-state index contributed by atoms with van der Waals surface area (Å²) in [5.41, 5.74) is 5.48. The van der Waals surface area contributed by atoms with Crippen LogP contribution in [0.1, 0.15) is 51.6 Å². The summed E-state index contributed by atoms with van der Waals surface area (Å²) in [6, 6.07) is 8.06. The number of hydrogen-bond donors (Lipinski definition) is 2. The number of carbonyl (C=O) groups is 1. The molecule has 1 fully saturated rings. The van der Waals surface area contributed by atoms with Gasteiger partial charge in [0.25, 0.3) is 5.91 Å². The standard InChI is InChI=1S/C20H28N4O/c1-14-15(2)23-24(16(14)3)12-11-22-20(25)18-8-6-17(7-9-18)19-5-4-10-21-13-19/h6-9,19,21H,4-5,10-13H2,1-3H3,(H,22,25)/t19-/m0/s1. The van der Waals surface area contributed by atoms with Crippen LogP contribution in [0.4, 0.5) is 0 Å². The van der Waals surface area contributed by atoms with Crippen molar-refractivity contribution in [2.24, 2.45) is 0 Å². The molecule has 2 heterocycles. The van der Waals surface area contributed by atoms with E-state index in [1.807, 2.05) is 23.7 Å². The molecule has 1 aromatic heterocycles. The van der Waals surface area contributed by atoms with E-state index >= 15 is 0 Å². The van der Waals surface area contributed by atoms with Crippen molar-refractivity contribution in [3.8, 4) is 0 Å². The first-order valence-corrected chi connectivity index (χ1v) is 9.15. The Labute approximate surface area is 149 Å². The summed E-state index contributed by atoms with van der Waals surface area (Å²) < 4.78 is 1.96. The molecule has 1 atom stereocenters. The van der Waals surface area contributed by atoms with Gasteiger partial charge in [0.2, 0.25) is 0 Å². The molecule has 0 unspecified atom stereocenters. The largest absolute Gasteiger partial charge is 0.350 e. The predicted octanol–water partition coefficient (Wildman–Crippen LogP) is 2.71. The molecule has 1 aliphatic heterocycles. The maximum Gasteiger partial charge on any atom is 0.251 e. The highest BCUT2D eigenvalue weighted by Gasteiger charge is 2.15. The Morgan fingerprint density at radius 3 is 2.64 bits per heavy atom. The Balaban J connectivity index is 1.53. The first-order chi connectivity index (χ1) is 12.1. The van der Waals surface area contributed by atoms with E-state index in [-0.39, 0.29) is 5.91 Å². The van der Waals surface area contributed by atoms with Crippen LogP contribution < -0.4 is 10.6 Å². The normalized spacial score (nSPS) is 17.5. The Kier molecular flexibility index (Phi) is 5.53. The van der Waals surface area contributed by atoms with Gasteiger partial charge >= 0.3 is 0 Å². The highest BCUT2D eigenvalue weighted by molar-refractivity contribution is 5.94. The third-order valence-electron chi connectivity index (χ3n) is 5.29. The van der Waals surface area contributed by atoms with Crippen molar-refractivity contribution in [2.75, 3.05) is 19.6 Å². The van der Waals surface area contributed by atoms with Crippen LogP contribution in [0, 0.1) is 20.8 Å². The number of hydrogen-bond acceptors (Lipinski definition) is 3. The molecule has 0 bridgehead atoms. The number of amides is 1. The average molecular weight is 340 g/mol. The Bertz CT molecular complexity index is 727. The third-order valence-corrected chi connectivity index (χ3v) is 5.29. The van der Waals surface area contributed by atoms with E-state index in [0.29, 0.717) is 19.0 Å². The molecule has 134 valence electrons. The zero-order chi connectivity index (χ0) is 17.8. The van der Waals surface area contributed by atoms with Gasteiger partial charge in [-0.2, -0.15) is 5.10 Å². The molecule has 3 rings (SSSR count). The van der Waals surface area contributed by atoms with Gasteiger partial charge in [-0.25, -0.2) is 0 Å². The minimum atomic E-state index is -0.0217. The molecule has 2 aromatic rings. The maximum absolute atomic E-state index is 12.3. The fourth-order valence-corrected chi connectivity index (χ4v) is 3.42. The number of nitrogens with one attached hydrogen (secondary N) is 2. The van der Waals surface area contributed by atoms with E-state index in [4.69, 9.17) is 0 Å². The lowest BCUT2D eigenvalue weighted by molar-refractivity contribution is 0.0952. The van der Waals surface area contributed by atoms with Gasteiger partial charge in [0.15, 0.2) is 0 Å². The first-order valence-electron chi connectivity index (χ1n) is 9.15. The molecular formula is C20H28N4O. The SMILES string of the molecule is Cc1nn(CCNC(=O)c2ccc([C@H]3CCCNC3)cc2)c(C)c1C. The van der Waals surface area contributed by atoms with Gasteiger partial charge in [-0.05, 0) is 69.3 Å². The van der Waals surface area contributed by atoms with Crippen LogP contribution >= 0.6 is 0 Å². The van der Waals surface area contributed by atoms with Crippen LogP contribution in [0.2, 0.25) is 0 Å². The van der Waals surface area contributed by atoms with Crippen molar-refractivity contribution in [1.29, 1.82) is 0 Å². The van der Waals surface area contributed by atoms with Gasteiger partial charge in [0.05, 0.1) is 12.2 Å². The van der Waals surface area contributed by atoms with Crippen LogP contribution in [-0.4, -0.2) is 35.3 Å². The zero-order valence-electron chi connectivity index (χ0n) is 15.4. The number of aryl methyl sites for hydroxylation is 1. The van der Waals surface area contributed by atoms with Crippen LogP contribution in [0.5, 0.6) is 0 Å². The van der Waals surface area contributed by atoms with Crippen molar-refractivity contribution in [3.05, 3.63) is 52.3 Å². The number of rotatable bonds is 5. The van der Waals surface area contributed by atoms with Crippen molar-refractivity contribution < 1.29 is 4.79 Å². The molecular weight excluding hydrogens is 312 g/mol. The lowest BCUT2D eigenvalue weighted by Crippen LogP contribution is -2.29. The quantitative estimate of drug-likeness (QED) is 0.880. The summed E-state index contributed by atoms with van der Waals surface area (Å²) in [7, 11) is 0. The molecule has 1 aromatic carbocycles. The topological polar surface area (TPSA) is 59.0 Å². The molecule has 25 heavy (non-hydrogen) atoms. The second kappa shape index (κ2) is 7.83. The zero-order valence-corrected chi connectivity index (χ0v) is 15.4. The van der Waals surface area contributed by atoms with Gasteiger partial charge in [0.1, 0.15) is 0 Å². The van der Waals surface area contributed by atoms with Crippen LogP contribution in [0.25, 0.3) is 0 Å². The summed E-state index contributed by atoms with van der Waals surface area (Å²) in [4.78, 5) is 12.3. The summed E-state index contributed by atoms with van der Waals surface area (Å²) in [5.74, 6) is 0.548. The van der Waals surface area contributed by atoms with Crippen molar-refractivity contribution in [1.82, 2.24) is 20.4 Å². The van der Waals surface area contributed by atoms with E-state index in [2.05, 4.69) is 41.7 Å². The highest BCUT2D eigenvalue weighted by atomic mass is 16.1. The van der Waals surface area contributed by atoms with Crippen molar-refractivity contribution in [3.63, 3.8) is 0 Å². The Hall–Kier alpha value is -2.14. The summed E-state index contributed by atoms with van der Waals surface area (Å²) >= 11 is 0. The van der Waals surface area contributed by atoms with Gasteiger partial charge < -0.3 is 10.6 Å². The van der Waals surface area contributed by atoms with Crippen molar-refractivity contribution in [2.45, 2.75) is 46.1 Å². The fourth-order valence-electron chi connectivity index (χ4n) is 3.42. The summed E-state index contributed by atoms with van der Waals surface area (Å²) in [6.07, 6.45) is 2.44. The van der Waals surface area contributed by atoms with Crippen LogP contribution in [-0.2, 0) is 6.54 Å². The van der Waals surface area contributed by atoms with Crippen LogP contribution in [0.15, 0.2) is 24.3 Å². The number of piperidine rings is 1. The molecule has 0 spiro atoms. The minimum absolute atomic E-state index is 0.0217. The predicted molar refractivity (Wildman–Crippen MR) is 100 cm³/mol. The van der Waals surface area contributed by atoms with E-state index in [1.165, 1.54) is 24.0 Å². The maximum atomic E-state index is 12.3. The fraction of sp³-hybridized carbons (Fsp3) is 0.500. The van der Waals surface area contributed by atoms with Gasteiger partial charge in [-0.1, -0.05) is 12.1 Å². The van der Waals surface area contributed by atoms with Gasteiger partial charge in [0, 0.05) is 24.3 Å². The second-order valence-corrected chi connectivity index (χ2v) is 6.94. The molecule has 1 saturated heterocycles. The van der Waals surface area contributed by atoms with Crippen LogP contribution in [0.3, 0.4) is 0 Å². The Morgan fingerprint density at radius 2 is 2.04 bits per heavy atom. The van der Waals surface area contributed by atoms with E-state index in [1.54, 1.807) is 0 Å². The monoisotopic (exact) mass is 340 g/mol. The number of aromatic nitrogens is 2. The number of nitrogens with zero attached hydrogens (tertiary/aromatic N) is 2. The number of benzene rings is 1. The Morgan fingerprint density at radius 1 is 1.28 bits per heavy atom. The smallest absolute Gasteiger partial charge is 0.251 e. The van der Waals surface area contributed by atoms with Gasteiger partial charge in [-0.3, -0.25) is 9.48 Å². The van der Waals surface area contributed by atoms with E-state index < -0.39 is 0 Å². The lowest BCUT2D eigenvalue weighted by Gasteiger charge is -2.23. The molecule has 1 amide bonds. The molecule has 0 saturated carbocycles. The second-order valence-electron chi connectivity index (χ2n) is 6.94. The molecule has 5 nitrogen and oxygen atoms in total. The van der Waals surface area contributed by atoms with Crippen molar-refractivity contribution >= 4 is 5.91 Å². The molecule has 1 aliphatic rings. The average Bonchev–Trinajstić information content (AvgIpc) is 2.89.